The Balaban J connectivity index is 2.90. The molecule has 84 valence electrons. The molecule has 0 radical (unpaired) electrons. The molecule has 1 heterocycles. The summed E-state index contributed by atoms with van der Waals surface area (Å²) in [5, 5.41) is 8.67. The summed E-state index contributed by atoms with van der Waals surface area (Å²) >= 11 is 0. The fourth-order valence-corrected chi connectivity index (χ4v) is 1.26. The van der Waals surface area contributed by atoms with Gasteiger partial charge >= 0.3 is 0 Å². The lowest BCUT2D eigenvalue weighted by molar-refractivity contribution is 0.195. The minimum Gasteiger partial charge on any atom is -0.475 e. The molecule has 1 rings (SSSR count). The monoisotopic (exact) mass is 212 g/mol. The van der Waals surface area contributed by atoms with Crippen molar-refractivity contribution in [3.63, 3.8) is 0 Å². The first-order chi connectivity index (χ1) is 7.33. The summed E-state index contributed by atoms with van der Waals surface area (Å²) in [5.41, 5.74) is 3.35. The highest BCUT2D eigenvalue weighted by molar-refractivity contribution is 5.47. The van der Waals surface area contributed by atoms with Crippen LogP contribution in [0.5, 0.6) is 5.88 Å². The maximum Gasteiger partial charge on any atom is 0.221 e. The number of aliphatic hydroxyl groups is 1. The zero-order chi connectivity index (χ0) is 11.1. The number of aromatic nitrogens is 2. The van der Waals surface area contributed by atoms with Crippen molar-refractivity contribution < 1.29 is 9.84 Å². The van der Waals surface area contributed by atoms with Gasteiger partial charge in [-0.25, -0.2) is 15.8 Å². The van der Waals surface area contributed by atoms with E-state index in [2.05, 4.69) is 15.4 Å². The SMILES string of the molecule is CCCc1c(NN)ncnc1OCCO. The summed E-state index contributed by atoms with van der Waals surface area (Å²) in [5.74, 6) is 6.38. The summed E-state index contributed by atoms with van der Waals surface area (Å²) in [4.78, 5) is 8.00. The number of hydrogen-bond donors (Lipinski definition) is 3. The van der Waals surface area contributed by atoms with Crippen LogP contribution in [0.2, 0.25) is 0 Å². The maximum atomic E-state index is 8.67. The Hall–Kier alpha value is -1.40. The predicted octanol–water partition coefficient (Wildman–Crippen LogP) is 0.0858. The van der Waals surface area contributed by atoms with E-state index in [1.54, 1.807) is 0 Å². The number of hydrazine groups is 1. The van der Waals surface area contributed by atoms with Gasteiger partial charge in [-0.2, -0.15) is 0 Å². The Kier molecular flexibility index (Phi) is 4.79. The third kappa shape index (κ3) is 3.03. The molecule has 6 nitrogen and oxygen atoms in total. The largest absolute Gasteiger partial charge is 0.475 e. The number of nitrogens with zero attached hydrogens (tertiary/aromatic N) is 2. The molecule has 0 atom stereocenters. The number of anilines is 1. The van der Waals surface area contributed by atoms with E-state index in [0.29, 0.717) is 11.7 Å². The van der Waals surface area contributed by atoms with Gasteiger partial charge in [0, 0.05) is 0 Å². The molecule has 0 spiro atoms. The van der Waals surface area contributed by atoms with E-state index in [0.717, 1.165) is 18.4 Å². The Morgan fingerprint density at radius 2 is 2.33 bits per heavy atom. The van der Waals surface area contributed by atoms with Crippen LogP contribution in [-0.4, -0.2) is 28.3 Å². The lowest BCUT2D eigenvalue weighted by atomic mass is 10.2. The first-order valence-electron chi connectivity index (χ1n) is 4.87. The zero-order valence-electron chi connectivity index (χ0n) is 8.73. The normalized spacial score (nSPS) is 10.1. The maximum absolute atomic E-state index is 8.67. The van der Waals surface area contributed by atoms with E-state index in [1.165, 1.54) is 6.33 Å². The van der Waals surface area contributed by atoms with Gasteiger partial charge in [0.05, 0.1) is 12.2 Å². The van der Waals surface area contributed by atoms with Gasteiger partial charge in [-0.1, -0.05) is 13.3 Å². The molecule has 0 saturated carbocycles. The van der Waals surface area contributed by atoms with Gasteiger partial charge < -0.3 is 15.3 Å². The van der Waals surface area contributed by atoms with Gasteiger partial charge in [0.25, 0.3) is 0 Å². The van der Waals surface area contributed by atoms with Crippen molar-refractivity contribution in [1.29, 1.82) is 0 Å². The third-order valence-electron chi connectivity index (χ3n) is 1.87. The smallest absolute Gasteiger partial charge is 0.221 e. The highest BCUT2D eigenvalue weighted by Crippen LogP contribution is 2.22. The Morgan fingerprint density at radius 1 is 1.53 bits per heavy atom. The van der Waals surface area contributed by atoms with Crippen molar-refractivity contribution in [3.05, 3.63) is 11.9 Å². The lowest BCUT2D eigenvalue weighted by Gasteiger charge is -2.11. The van der Waals surface area contributed by atoms with Crippen LogP contribution >= 0.6 is 0 Å². The number of nitrogen functional groups attached to an aromatic ring is 1. The molecule has 0 amide bonds. The molecule has 0 bridgehead atoms. The molecule has 15 heavy (non-hydrogen) atoms. The van der Waals surface area contributed by atoms with Crippen LogP contribution in [0.4, 0.5) is 5.82 Å². The molecular weight excluding hydrogens is 196 g/mol. The second kappa shape index (κ2) is 6.15. The van der Waals surface area contributed by atoms with Crippen molar-refractivity contribution in [3.8, 4) is 5.88 Å². The average molecular weight is 212 g/mol. The van der Waals surface area contributed by atoms with Crippen LogP contribution in [0.3, 0.4) is 0 Å². The summed E-state index contributed by atoms with van der Waals surface area (Å²) in [6, 6.07) is 0. The van der Waals surface area contributed by atoms with E-state index in [-0.39, 0.29) is 13.2 Å². The van der Waals surface area contributed by atoms with Gasteiger partial charge in [0.2, 0.25) is 5.88 Å². The molecule has 0 saturated heterocycles. The van der Waals surface area contributed by atoms with Gasteiger partial charge in [0.15, 0.2) is 0 Å². The van der Waals surface area contributed by atoms with E-state index < -0.39 is 0 Å². The van der Waals surface area contributed by atoms with Gasteiger partial charge in [0.1, 0.15) is 18.8 Å². The molecule has 0 aliphatic carbocycles. The molecule has 0 aliphatic heterocycles. The Labute approximate surface area is 88.5 Å². The topological polar surface area (TPSA) is 93.3 Å². The summed E-state index contributed by atoms with van der Waals surface area (Å²) < 4.78 is 5.28. The first-order valence-corrected chi connectivity index (χ1v) is 4.87. The lowest BCUT2D eigenvalue weighted by Crippen LogP contribution is -2.14. The summed E-state index contributed by atoms with van der Waals surface area (Å²) in [6.07, 6.45) is 3.10. The van der Waals surface area contributed by atoms with Gasteiger partial charge in [-0.3, -0.25) is 0 Å². The molecule has 0 fully saturated rings. The van der Waals surface area contributed by atoms with Crippen LogP contribution in [0, 0.1) is 0 Å². The standard InChI is InChI=1S/C9H16N4O2/c1-2-3-7-8(13-10)11-6-12-9(7)15-5-4-14/h6,14H,2-5,10H2,1H3,(H,11,12,13). The molecule has 0 unspecified atom stereocenters. The average Bonchev–Trinajstić information content (AvgIpc) is 2.28. The van der Waals surface area contributed by atoms with Crippen LogP contribution in [0.25, 0.3) is 0 Å². The van der Waals surface area contributed by atoms with Crippen LogP contribution in [-0.2, 0) is 6.42 Å². The van der Waals surface area contributed by atoms with Crippen molar-refractivity contribution >= 4 is 5.82 Å². The van der Waals surface area contributed by atoms with Crippen LogP contribution in [0.15, 0.2) is 6.33 Å². The van der Waals surface area contributed by atoms with Crippen molar-refractivity contribution in [2.45, 2.75) is 19.8 Å². The minimum atomic E-state index is -0.0407. The second-order valence-electron chi connectivity index (χ2n) is 2.97. The molecule has 0 aliphatic rings. The van der Waals surface area contributed by atoms with E-state index in [9.17, 15) is 0 Å². The molecule has 4 N–H and O–H groups in total. The summed E-state index contributed by atoms with van der Waals surface area (Å²) in [7, 11) is 0. The third-order valence-corrected chi connectivity index (χ3v) is 1.87. The van der Waals surface area contributed by atoms with E-state index in [4.69, 9.17) is 15.7 Å². The van der Waals surface area contributed by atoms with E-state index >= 15 is 0 Å². The summed E-state index contributed by atoms with van der Waals surface area (Å²) in [6.45, 7) is 2.22. The van der Waals surface area contributed by atoms with Crippen molar-refractivity contribution in [1.82, 2.24) is 9.97 Å². The molecule has 1 aromatic rings. The van der Waals surface area contributed by atoms with Crippen molar-refractivity contribution in [2.75, 3.05) is 18.6 Å². The number of nitrogens with one attached hydrogen (secondary N) is 1. The number of aliphatic hydroxyl groups excluding tert-OH is 1. The number of ether oxygens (including phenoxy) is 1. The zero-order valence-corrected chi connectivity index (χ0v) is 8.73. The van der Waals surface area contributed by atoms with Gasteiger partial charge in [-0.15, -0.1) is 0 Å². The van der Waals surface area contributed by atoms with Crippen LogP contribution in [0.1, 0.15) is 18.9 Å². The van der Waals surface area contributed by atoms with Crippen molar-refractivity contribution in [2.24, 2.45) is 5.84 Å². The Morgan fingerprint density at radius 3 is 2.93 bits per heavy atom. The fraction of sp³-hybridized carbons (Fsp3) is 0.556. The number of rotatable bonds is 6. The molecule has 6 heteroatoms. The van der Waals surface area contributed by atoms with Crippen LogP contribution < -0.4 is 16.0 Å². The minimum absolute atomic E-state index is 0.0407. The quantitative estimate of drug-likeness (QED) is 0.457. The number of nitrogens with two attached hydrogens (primary N) is 1. The highest BCUT2D eigenvalue weighted by atomic mass is 16.5. The van der Waals surface area contributed by atoms with Gasteiger partial charge in [-0.05, 0) is 6.42 Å². The number of hydrogen-bond acceptors (Lipinski definition) is 6. The first kappa shape index (κ1) is 11.7. The highest BCUT2D eigenvalue weighted by Gasteiger charge is 2.10. The molecule has 1 aromatic heterocycles. The van der Waals surface area contributed by atoms with E-state index in [1.807, 2.05) is 6.92 Å². The molecular formula is C9H16N4O2. The fourth-order valence-electron chi connectivity index (χ4n) is 1.26. The predicted molar refractivity (Wildman–Crippen MR) is 56.4 cm³/mol. The Bertz CT molecular complexity index is 306. The second-order valence-corrected chi connectivity index (χ2v) is 2.97. The molecule has 0 aromatic carbocycles.